The van der Waals surface area contributed by atoms with Crippen molar-refractivity contribution >= 4 is 34.7 Å². The quantitative estimate of drug-likeness (QED) is 0.831. The van der Waals surface area contributed by atoms with Crippen LogP contribution in [0.5, 0.6) is 0 Å². The molecule has 2 unspecified atom stereocenters. The molecule has 20 heavy (non-hydrogen) atoms. The van der Waals surface area contributed by atoms with E-state index in [1.54, 1.807) is 11.8 Å². The zero-order valence-corrected chi connectivity index (χ0v) is 12.9. The van der Waals surface area contributed by atoms with Crippen molar-refractivity contribution in [1.29, 1.82) is 0 Å². The summed E-state index contributed by atoms with van der Waals surface area (Å²) in [6, 6.07) is 2.47. The van der Waals surface area contributed by atoms with Gasteiger partial charge in [0, 0.05) is 16.9 Å². The highest BCUT2D eigenvalue weighted by Gasteiger charge is 2.26. The van der Waals surface area contributed by atoms with Crippen molar-refractivity contribution in [2.24, 2.45) is 5.73 Å². The Morgan fingerprint density at radius 1 is 1.30 bits per heavy atom. The highest BCUT2D eigenvalue weighted by Crippen LogP contribution is 2.31. The molecule has 1 saturated carbocycles. The number of benzene rings is 1. The molecule has 1 fully saturated rings. The van der Waals surface area contributed by atoms with Crippen LogP contribution in [0.15, 0.2) is 12.1 Å². The Labute approximate surface area is 127 Å². The third-order valence-corrected chi connectivity index (χ3v) is 5.07. The van der Waals surface area contributed by atoms with Crippen LogP contribution in [-0.4, -0.2) is 22.5 Å². The Hall–Kier alpha value is -0.880. The van der Waals surface area contributed by atoms with Crippen molar-refractivity contribution in [1.82, 2.24) is 0 Å². The van der Waals surface area contributed by atoms with Gasteiger partial charge < -0.3 is 11.1 Å². The minimum absolute atomic E-state index is 0.00555. The Bertz CT molecular complexity index is 485. The monoisotopic (exact) mass is 316 g/mol. The largest absolute Gasteiger partial charge is 0.389 e. The first-order chi connectivity index (χ1) is 9.52. The zero-order valence-electron chi connectivity index (χ0n) is 11.3. The summed E-state index contributed by atoms with van der Waals surface area (Å²) in [7, 11) is 0. The third kappa shape index (κ3) is 3.41. The predicted molar refractivity (Wildman–Crippen MR) is 85.4 cm³/mol. The van der Waals surface area contributed by atoms with Crippen LogP contribution in [0.4, 0.5) is 14.5 Å². The van der Waals surface area contributed by atoms with Gasteiger partial charge in [-0.05, 0) is 31.2 Å². The fraction of sp³-hybridized carbons (Fsp3) is 0.500. The van der Waals surface area contributed by atoms with Crippen molar-refractivity contribution in [2.75, 3.05) is 11.6 Å². The molecule has 0 saturated heterocycles. The minimum atomic E-state index is -0.641. The summed E-state index contributed by atoms with van der Waals surface area (Å²) in [4.78, 5) is -0.00555. The van der Waals surface area contributed by atoms with Crippen LogP contribution < -0.4 is 11.1 Å². The fourth-order valence-electron chi connectivity index (χ4n) is 2.58. The molecule has 0 radical (unpaired) electrons. The van der Waals surface area contributed by atoms with E-state index in [-0.39, 0.29) is 22.3 Å². The van der Waals surface area contributed by atoms with Crippen molar-refractivity contribution in [3.63, 3.8) is 0 Å². The molecule has 2 rings (SSSR count). The van der Waals surface area contributed by atoms with Gasteiger partial charge in [0.25, 0.3) is 0 Å². The van der Waals surface area contributed by atoms with E-state index >= 15 is 0 Å². The van der Waals surface area contributed by atoms with E-state index in [9.17, 15) is 8.78 Å². The van der Waals surface area contributed by atoms with Gasteiger partial charge in [-0.1, -0.05) is 25.1 Å². The molecule has 0 bridgehead atoms. The molecule has 1 aliphatic rings. The molecule has 0 spiro atoms. The van der Waals surface area contributed by atoms with E-state index in [0.717, 1.165) is 19.3 Å². The van der Waals surface area contributed by atoms with Crippen LogP contribution >= 0.6 is 24.0 Å². The topological polar surface area (TPSA) is 38.0 Å². The fourth-order valence-corrected chi connectivity index (χ4v) is 3.64. The summed E-state index contributed by atoms with van der Waals surface area (Å²) in [6.07, 6.45) is 6.31. The van der Waals surface area contributed by atoms with Crippen LogP contribution in [0.3, 0.4) is 0 Å². The van der Waals surface area contributed by atoms with E-state index in [4.69, 9.17) is 18.0 Å². The molecule has 6 heteroatoms. The lowest BCUT2D eigenvalue weighted by Crippen LogP contribution is -2.35. The van der Waals surface area contributed by atoms with Gasteiger partial charge in [0.2, 0.25) is 0 Å². The average Bonchev–Trinajstić information content (AvgIpc) is 2.42. The highest BCUT2D eigenvalue weighted by atomic mass is 32.2. The van der Waals surface area contributed by atoms with E-state index < -0.39 is 11.6 Å². The number of hydrogen-bond donors (Lipinski definition) is 2. The first-order valence-corrected chi connectivity index (χ1v) is 8.30. The van der Waals surface area contributed by atoms with E-state index in [1.807, 2.05) is 6.26 Å². The summed E-state index contributed by atoms with van der Waals surface area (Å²) in [6.45, 7) is 0. The maximum atomic E-state index is 14.0. The van der Waals surface area contributed by atoms with Crippen molar-refractivity contribution < 1.29 is 8.78 Å². The van der Waals surface area contributed by atoms with Crippen LogP contribution in [0.1, 0.15) is 31.2 Å². The Morgan fingerprint density at radius 2 is 1.90 bits per heavy atom. The maximum Gasteiger partial charge on any atom is 0.150 e. The average molecular weight is 316 g/mol. The van der Waals surface area contributed by atoms with Gasteiger partial charge >= 0.3 is 0 Å². The molecule has 3 N–H and O–H groups in total. The van der Waals surface area contributed by atoms with Crippen molar-refractivity contribution in [2.45, 2.75) is 37.0 Å². The van der Waals surface area contributed by atoms with Gasteiger partial charge in [0.1, 0.15) is 22.3 Å². The summed E-state index contributed by atoms with van der Waals surface area (Å²) < 4.78 is 28.1. The molecule has 0 aromatic heterocycles. The van der Waals surface area contributed by atoms with Gasteiger partial charge in [-0.3, -0.25) is 0 Å². The molecule has 0 amide bonds. The van der Waals surface area contributed by atoms with Gasteiger partial charge in [-0.25, -0.2) is 8.78 Å². The second kappa shape index (κ2) is 6.72. The molecule has 110 valence electrons. The van der Waals surface area contributed by atoms with Gasteiger partial charge in [0.05, 0.1) is 0 Å². The number of rotatable bonds is 4. The molecule has 0 heterocycles. The molecular formula is C14H18F2N2S2. The summed E-state index contributed by atoms with van der Waals surface area (Å²) in [5.41, 5.74) is 5.54. The standard InChI is InChI=1S/C14H18F2N2S2/c1-20-12-5-3-2-4-11(12)18-13-9(15)6-8(14(17)19)7-10(13)16/h6-7,11-12,18H,2-5H2,1H3,(H2,17,19). The molecule has 2 nitrogen and oxygen atoms in total. The molecular weight excluding hydrogens is 298 g/mol. The van der Waals surface area contributed by atoms with Gasteiger partial charge in [-0.15, -0.1) is 0 Å². The van der Waals surface area contributed by atoms with E-state index in [0.29, 0.717) is 5.25 Å². The Kier molecular flexibility index (Phi) is 5.21. The second-order valence-corrected chi connectivity index (χ2v) is 6.51. The molecule has 2 atom stereocenters. The van der Waals surface area contributed by atoms with E-state index in [2.05, 4.69) is 5.32 Å². The first-order valence-electron chi connectivity index (χ1n) is 6.61. The van der Waals surface area contributed by atoms with Crippen molar-refractivity contribution in [3.8, 4) is 0 Å². The molecule has 1 aliphatic carbocycles. The first kappa shape index (κ1) is 15.5. The van der Waals surface area contributed by atoms with E-state index in [1.165, 1.54) is 18.6 Å². The molecule has 0 aliphatic heterocycles. The Balaban J connectivity index is 2.22. The number of hydrogen-bond acceptors (Lipinski definition) is 3. The van der Waals surface area contributed by atoms with Crippen LogP contribution in [-0.2, 0) is 0 Å². The lowest BCUT2D eigenvalue weighted by molar-refractivity contribution is 0.469. The summed E-state index contributed by atoms with van der Waals surface area (Å²) in [5, 5.41) is 3.42. The summed E-state index contributed by atoms with van der Waals surface area (Å²) >= 11 is 6.49. The van der Waals surface area contributed by atoms with Crippen LogP contribution in [0, 0.1) is 11.6 Å². The molecule has 1 aromatic rings. The highest BCUT2D eigenvalue weighted by molar-refractivity contribution is 7.99. The zero-order chi connectivity index (χ0) is 14.7. The number of thiocarbonyl (C=S) groups is 1. The molecule has 1 aromatic carbocycles. The Morgan fingerprint density at radius 3 is 2.45 bits per heavy atom. The normalized spacial score (nSPS) is 22.6. The predicted octanol–water partition coefficient (Wildman–Crippen LogP) is 3.69. The maximum absolute atomic E-state index is 14.0. The number of nitrogens with one attached hydrogen (secondary N) is 1. The lowest BCUT2D eigenvalue weighted by Gasteiger charge is -2.32. The number of halogens is 2. The van der Waals surface area contributed by atoms with Crippen molar-refractivity contribution in [3.05, 3.63) is 29.3 Å². The van der Waals surface area contributed by atoms with Gasteiger partial charge in [0.15, 0.2) is 0 Å². The van der Waals surface area contributed by atoms with Crippen LogP contribution in [0.25, 0.3) is 0 Å². The van der Waals surface area contributed by atoms with Gasteiger partial charge in [-0.2, -0.15) is 11.8 Å². The second-order valence-electron chi connectivity index (χ2n) is 4.99. The minimum Gasteiger partial charge on any atom is -0.389 e. The number of thioether (sulfide) groups is 1. The number of anilines is 1. The van der Waals surface area contributed by atoms with Crippen LogP contribution in [0.2, 0.25) is 0 Å². The SMILES string of the molecule is CSC1CCCCC1Nc1c(F)cc(C(N)=S)cc1F. The smallest absolute Gasteiger partial charge is 0.150 e. The third-order valence-electron chi connectivity index (χ3n) is 3.66. The lowest BCUT2D eigenvalue weighted by atomic mass is 9.94. The number of nitrogens with two attached hydrogens (primary N) is 1. The summed E-state index contributed by atoms with van der Waals surface area (Å²) in [5.74, 6) is -1.28.